The number of methoxy groups -OCH3 is 1. The third-order valence-corrected chi connectivity index (χ3v) is 4.48. The highest BCUT2D eigenvalue weighted by Crippen LogP contribution is 2.30. The van der Waals surface area contributed by atoms with E-state index in [1.54, 1.807) is 7.11 Å². The smallest absolute Gasteiger partial charge is 0.238 e. The van der Waals surface area contributed by atoms with Gasteiger partial charge in [-0.3, -0.25) is 10.1 Å². The maximum Gasteiger partial charge on any atom is 0.238 e. The summed E-state index contributed by atoms with van der Waals surface area (Å²) in [5, 5.41) is 3.93. The fraction of sp³-hybridized carbons (Fsp3) is 0.533. The molecule has 1 aromatic rings. The maximum absolute atomic E-state index is 12.2. The van der Waals surface area contributed by atoms with Gasteiger partial charge in [-0.1, -0.05) is 23.7 Å². The Labute approximate surface area is 129 Å². The molecule has 0 saturated carbocycles. The summed E-state index contributed by atoms with van der Waals surface area (Å²) in [7, 11) is 1.68. The normalized spacial score (nSPS) is 29.3. The lowest BCUT2D eigenvalue weighted by atomic mass is 10.0. The van der Waals surface area contributed by atoms with Crippen LogP contribution in [-0.2, 0) is 14.3 Å². The molecular weight excluding hydrogens is 292 g/mol. The van der Waals surface area contributed by atoms with E-state index in [4.69, 9.17) is 21.1 Å². The molecule has 5 nitrogen and oxygen atoms in total. The van der Waals surface area contributed by atoms with Gasteiger partial charge < -0.3 is 14.4 Å². The fourth-order valence-electron chi connectivity index (χ4n) is 2.91. The zero-order valence-corrected chi connectivity index (χ0v) is 12.7. The topological polar surface area (TPSA) is 50.8 Å². The lowest BCUT2D eigenvalue weighted by Crippen LogP contribution is -2.47. The minimum Gasteiger partial charge on any atom is -0.378 e. The van der Waals surface area contributed by atoms with E-state index in [-0.39, 0.29) is 12.1 Å². The number of halogens is 1. The van der Waals surface area contributed by atoms with Crippen LogP contribution in [0.5, 0.6) is 0 Å². The van der Waals surface area contributed by atoms with Gasteiger partial charge in [0.1, 0.15) is 11.8 Å². The molecule has 2 aliphatic heterocycles. The first-order valence-corrected chi connectivity index (χ1v) is 7.43. The minimum atomic E-state index is -0.396. The highest BCUT2D eigenvalue weighted by molar-refractivity contribution is 6.30. The Kier molecular flexibility index (Phi) is 4.17. The number of carbonyl (C=O) groups is 1. The quantitative estimate of drug-likeness (QED) is 0.917. The third-order valence-electron chi connectivity index (χ3n) is 4.22. The molecular formula is C15H19ClN2O3. The van der Waals surface area contributed by atoms with Gasteiger partial charge in [0, 0.05) is 25.2 Å². The highest BCUT2D eigenvalue weighted by atomic mass is 35.5. The van der Waals surface area contributed by atoms with E-state index in [0.29, 0.717) is 31.3 Å². The second kappa shape index (κ2) is 5.93. The van der Waals surface area contributed by atoms with Crippen molar-refractivity contribution in [2.75, 3.05) is 33.4 Å². The van der Waals surface area contributed by atoms with Crippen molar-refractivity contribution < 1.29 is 14.3 Å². The Hall–Kier alpha value is -1.14. The van der Waals surface area contributed by atoms with E-state index in [9.17, 15) is 4.79 Å². The largest absolute Gasteiger partial charge is 0.378 e. The summed E-state index contributed by atoms with van der Waals surface area (Å²) in [6.45, 7) is 2.08. The second-order valence-electron chi connectivity index (χ2n) is 5.55. The molecule has 2 heterocycles. The zero-order chi connectivity index (χ0) is 14.9. The van der Waals surface area contributed by atoms with E-state index in [1.807, 2.05) is 29.2 Å². The number of rotatable bonds is 4. The van der Waals surface area contributed by atoms with Crippen molar-refractivity contribution in [2.45, 2.75) is 18.2 Å². The number of carbonyl (C=O) groups excluding carboxylic acids is 1. The number of hydrogen-bond donors (Lipinski definition) is 1. The van der Waals surface area contributed by atoms with Gasteiger partial charge in [-0.15, -0.1) is 0 Å². The lowest BCUT2D eigenvalue weighted by Gasteiger charge is -2.34. The van der Waals surface area contributed by atoms with Crippen LogP contribution in [0.4, 0.5) is 0 Å². The van der Waals surface area contributed by atoms with Gasteiger partial charge in [0.25, 0.3) is 0 Å². The van der Waals surface area contributed by atoms with Crippen molar-refractivity contribution in [2.24, 2.45) is 0 Å². The van der Waals surface area contributed by atoms with E-state index in [2.05, 4.69) is 5.32 Å². The van der Waals surface area contributed by atoms with Crippen molar-refractivity contribution in [1.29, 1.82) is 0 Å². The predicted octanol–water partition coefficient (Wildman–Crippen LogP) is 1.58. The Bertz CT molecular complexity index is 514. The van der Waals surface area contributed by atoms with Gasteiger partial charge in [0.05, 0.1) is 19.7 Å². The van der Waals surface area contributed by atoms with Crippen LogP contribution in [-0.4, -0.2) is 49.8 Å². The molecule has 0 radical (unpaired) electrons. The first-order valence-electron chi connectivity index (χ1n) is 7.05. The first kappa shape index (κ1) is 14.8. The molecule has 2 aliphatic rings. The SMILES string of the molecule is COC1(CN2C(=O)CNC2c2ccc(Cl)cc2)CCOC1. The van der Waals surface area contributed by atoms with Gasteiger partial charge in [-0.2, -0.15) is 0 Å². The van der Waals surface area contributed by atoms with Crippen molar-refractivity contribution in [3.63, 3.8) is 0 Å². The average Bonchev–Trinajstić information content (AvgIpc) is 3.10. The van der Waals surface area contributed by atoms with Crippen LogP contribution in [0.1, 0.15) is 18.2 Å². The van der Waals surface area contributed by atoms with Crippen LogP contribution in [0.15, 0.2) is 24.3 Å². The summed E-state index contributed by atoms with van der Waals surface area (Å²) in [5.74, 6) is 0.0817. The summed E-state index contributed by atoms with van der Waals surface area (Å²) in [6, 6.07) is 7.56. The number of ether oxygens (including phenoxy) is 2. The molecule has 3 rings (SSSR count). The molecule has 6 heteroatoms. The maximum atomic E-state index is 12.2. The lowest BCUT2D eigenvalue weighted by molar-refractivity contribution is -0.133. The number of nitrogens with one attached hydrogen (secondary N) is 1. The Balaban J connectivity index is 1.81. The van der Waals surface area contributed by atoms with E-state index in [1.165, 1.54) is 0 Å². The molecule has 2 atom stereocenters. The van der Waals surface area contributed by atoms with Crippen LogP contribution >= 0.6 is 11.6 Å². The average molecular weight is 311 g/mol. The molecule has 1 aromatic carbocycles. The first-order chi connectivity index (χ1) is 10.1. The van der Waals surface area contributed by atoms with E-state index in [0.717, 1.165) is 12.0 Å². The second-order valence-corrected chi connectivity index (χ2v) is 5.98. The Morgan fingerprint density at radius 2 is 2.24 bits per heavy atom. The fourth-order valence-corrected chi connectivity index (χ4v) is 3.04. The van der Waals surface area contributed by atoms with E-state index >= 15 is 0 Å². The monoisotopic (exact) mass is 310 g/mol. The highest BCUT2D eigenvalue weighted by Gasteiger charge is 2.42. The van der Waals surface area contributed by atoms with Crippen LogP contribution in [0.2, 0.25) is 5.02 Å². The van der Waals surface area contributed by atoms with Crippen LogP contribution in [0.25, 0.3) is 0 Å². The van der Waals surface area contributed by atoms with Crippen molar-refractivity contribution in [1.82, 2.24) is 10.2 Å². The molecule has 114 valence electrons. The van der Waals surface area contributed by atoms with Gasteiger partial charge in [-0.25, -0.2) is 0 Å². The Morgan fingerprint density at radius 1 is 1.48 bits per heavy atom. The van der Waals surface area contributed by atoms with Gasteiger partial charge in [0.2, 0.25) is 5.91 Å². The van der Waals surface area contributed by atoms with Gasteiger partial charge >= 0.3 is 0 Å². The van der Waals surface area contributed by atoms with Gasteiger partial charge in [-0.05, 0) is 17.7 Å². The summed E-state index contributed by atoms with van der Waals surface area (Å²) in [5.41, 5.74) is 0.627. The van der Waals surface area contributed by atoms with Crippen molar-refractivity contribution in [3.8, 4) is 0 Å². The summed E-state index contributed by atoms with van der Waals surface area (Å²) < 4.78 is 11.1. The van der Waals surface area contributed by atoms with Crippen LogP contribution in [0.3, 0.4) is 0 Å². The van der Waals surface area contributed by atoms with Gasteiger partial charge in [0.15, 0.2) is 0 Å². The molecule has 0 spiro atoms. The molecule has 1 amide bonds. The number of hydrogen-bond acceptors (Lipinski definition) is 4. The molecule has 2 unspecified atom stereocenters. The summed E-state index contributed by atoms with van der Waals surface area (Å²) in [6.07, 6.45) is 0.669. The van der Waals surface area contributed by atoms with E-state index < -0.39 is 5.60 Å². The summed E-state index contributed by atoms with van der Waals surface area (Å²) in [4.78, 5) is 14.0. The molecule has 0 bridgehead atoms. The Morgan fingerprint density at radius 3 is 2.86 bits per heavy atom. The molecule has 21 heavy (non-hydrogen) atoms. The predicted molar refractivity (Wildman–Crippen MR) is 79.1 cm³/mol. The molecule has 2 fully saturated rings. The molecule has 0 aliphatic carbocycles. The van der Waals surface area contributed by atoms with Crippen LogP contribution < -0.4 is 5.32 Å². The molecule has 0 aromatic heterocycles. The number of nitrogens with zero attached hydrogens (tertiary/aromatic N) is 1. The third kappa shape index (κ3) is 2.92. The van der Waals surface area contributed by atoms with Crippen LogP contribution in [0, 0.1) is 0 Å². The molecule has 2 saturated heterocycles. The summed E-state index contributed by atoms with van der Waals surface area (Å²) >= 11 is 5.93. The number of amides is 1. The standard InChI is InChI=1S/C15H19ClN2O3/c1-20-15(6-7-21-10-15)9-18-13(19)8-17-14(18)11-2-4-12(16)5-3-11/h2-5,14,17H,6-10H2,1H3. The zero-order valence-electron chi connectivity index (χ0n) is 12.0. The van der Waals surface area contributed by atoms with Crippen molar-refractivity contribution in [3.05, 3.63) is 34.9 Å². The molecule has 1 N–H and O–H groups in total. The van der Waals surface area contributed by atoms with Crippen molar-refractivity contribution >= 4 is 17.5 Å². The minimum absolute atomic E-state index is 0.0817. The number of benzene rings is 1.